The molecule has 0 radical (unpaired) electrons. The summed E-state index contributed by atoms with van der Waals surface area (Å²) in [5, 5.41) is 14.3. The Morgan fingerprint density at radius 2 is 2.00 bits per heavy atom. The Balaban J connectivity index is 1.77. The van der Waals surface area contributed by atoms with Crippen molar-refractivity contribution in [3.05, 3.63) is 73.2 Å². The molecule has 0 saturated carbocycles. The van der Waals surface area contributed by atoms with Crippen LogP contribution in [0.5, 0.6) is 0 Å². The Bertz CT molecular complexity index is 1110. The number of aryl methyl sites for hydroxylation is 1. The summed E-state index contributed by atoms with van der Waals surface area (Å²) in [6, 6.07) is 8.76. The summed E-state index contributed by atoms with van der Waals surface area (Å²) in [5.41, 5.74) is -0.177. The molecule has 0 unspecified atom stereocenters. The summed E-state index contributed by atoms with van der Waals surface area (Å²) in [6.07, 6.45) is 1.22. The lowest BCUT2D eigenvalue weighted by atomic mass is 10.2. The minimum atomic E-state index is -0.582. The normalized spacial score (nSPS) is 10.7. The SMILES string of the molecule is O=C(CCn1cnc2c(Cl)cc(Cl)cc2c1=O)Nc1ccccc1[N+](=O)[O-]. The topological polar surface area (TPSA) is 107 Å². The first kappa shape index (κ1) is 18.8. The van der Waals surface area contributed by atoms with E-state index < -0.39 is 10.8 Å². The third-order valence-corrected chi connectivity index (χ3v) is 4.31. The number of carbonyl (C=O) groups excluding carboxylic acids is 1. The molecule has 0 aliphatic rings. The molecule has 1 N–H and O–H groups in total. The van der Waals surface area contributed by atoms with E-state index in [1.165, 1.54) is 41.2 Å². The second-order valence-corrected chi connectivity index (χ2v) is 6.44. The van der Waals surface area contributed by atoms with Gasteiger partial charge in [0.15, 0.2) is 0 Å². The zero-order valence-corrected chi connectivity index (χ0v) is 15.2. The molecule has 0 fully saturated rings. The molecule has 138 valence electrons. The average molecular weight is 407 g/mol. The lowest BCUT2D eigenvalue weighted by Gasteiger charge is -2.09. The summed E-state index contributed by atoms with van der Waals surface area (Å²) in [4.78, 5) is 39.2. The van der Waals surface area contributed by atoms with E-state index in [0.29, 0.717) is 10.5 Å². The van der Waals surface area contributed by atoms with Crippen LogP contribution >= 0.6 is 23.2 Å². The number of nitrogens with zero attached hydrogens (tertiary/aromatic N) is 3. The summed E-state index contributed by atoms with van der Waals surface area (Å²) in [7, 11) is 0. The van der Waals surface area contributed by atoms with Crippen LogP contribution in [-0.4, -0.2) is 20.4 Å². The number of anilines is 1. The number of amides is 1. The number of aromatic nitrogens is 2. The molecule has 0 saturated heterocycles. The number of nitro benzene ring substituents is 1. The molecule has 0 bridgehead atoms. The van der Waals surface area contributed by atoms with E-state index in [1.54, 1.807) is 6.07 Å². The van der Waals surface area contributed by atoms with Gasteiger partial charge in [-0.2, -0.15) is 0 Å². The van der Waals surface area contributed by atoms with Gasteiger partial charge in [-0.1, -0.05) is 35.3 Å². The van der Waals surface area contributed by atoms with Crippen molar-refractivity contribution < 1.29 is 9.72 Å². The zero-order chi connectivity index (χ0) is 19.6. The number of para-hydroxylation sites is 2. The maximum absolute atomic E-state index is 12.5. The Morgan fingerprint density at radius 1 is 1.26 bits per heavy atom. The van der Waals surface area contributed by atoms with Crippen molar-refractivity contribution in [3.63, 3.8) is 0 Å². The first-order valence-electron chi connectivity index (χ1n) is 7.74. The highest BCUT2D eigenvalue weighted by molar-refractivity contribution is 6.38. The molecule has 1 heterocycles. The van der Waals surface area contributed by atoms with E-state index in [4.69, 9.17) is 23.2 Å². The Labute approximate surface area is 162 Å². The van der Waals surface area contributed by atoms with Crippen LogP contribution in [0.4, 0.5) is 11.4 Å². The van der Waals surface area contributed by atoms with Crippen LogP contribution in [0.25, 0.3) is 10.9 Å². The van der Waals surface area contributed by atoms with Gasteiger partial charge in [0.05, 0.1) is 27.2 Å². The fourth-order valence-corrected chi connectivity index (χ4v) is 3.07. The van der Waals surface area contributed by atoms with E-state index in [1.807, 2.05) is 0 Å². The van der Waals surface area contributed by atoms with Gasteiger partial charge in [-0.25, -0.2) is 4.98 Å². The van der Waals surface area contributed by atoms with Gasteiger partial charge in [0, 0.05) is 24.1 Å². The highest BCUT2D eigenvalue weighted by Gasteiger charge is 2.15. The summed E-state index contributed by atoms with van der Waals surface area (Å²) in [5.74, 6) is -0.472. The van der Waals surface area contributed by atoms with E-state index in [9.17, 15) is 19.7 Å². The number of nitrogens with one attached hydrogen (secondary N) is 1. The van der Waals surface area contributed by atoms with Gasteiger partial charge in [0.1, 0.15) is 5.69 Å². The largest absolute Gasteiger partial charge is 0.320 e. The lowest BCUT2D eigenvalue weighted by Crippen LogP contribution is -2.24. The highest BCUT2D eigenvalue weighted by atomic mass is 35.5. The lowest BCUT2D eigenvalue weighted by molar-refractivity contribution is -0.383. The van der Waals surface area contributed by atoms with Crippen molar-refractivity contribution in [2.75, 3.05) is 5.32 Å². The highest BCUT2D eigenvalue weighted by Crippen LogP contribution is 2.24. The monoisotopic (exact) mass is 406 g/mol. The van der Waals surface area contributed by atoms with E-state index >= 15 is 0 Å². The summed E-state index contributed by atoms with van der Waals surface area (Å²) >= 11 is 12.0. The third-order valence-electron chi connectivity index (χ3n) is 3.80. The standard InChI is InChI=1S/C17H12Cl2N4O4/c18-10-7-11-16(12(19)8-10)20-9-22(17(11)25)6-5-15(24)21-13-3-1-2-4-14(13)23(26)27/h1-4,7-9H,5-6H2,(H,21,24). The number of carbonyl (C=O) groups is 1. The van der Waals surface area contributed by atoms with Gasteiger partial charge in [-0.3, -0.25) is 24.3 Å². The molecule has 0 aliphatic carbocycles. The number of halogens is 2. The molecule has 1 aromatic heterocycles. The van der Waals surface area contributed by atoms with Crippen LogP contribution in [0.3, 0.4) is 0 Å². The predicted molar refractivity (Wildman–Crippen MR) is 102 cm³/mol. The van der Waals surface area contributed by atoms with E-state index in [2.05, 4.69) is 10.3 Å². The summed E-state index contributed by atoms with van der Waals surface area (Å²) in [6.45, 7) is 0.0400. The molecule has 3 aromatic rings. The second-order valence-electron chi connectivity index (χ2n) is 5.60. The number of fused-ring (bicyclic) bond motifs is 1. The zero-order valence-electron chi connectivity index (χ0n) is 13.7. The molecule has 8 nitrogen and oxygen atoms in total. The Hall–Kier alpha value is -2.97. The van der Waals surface area contributed by atoms with Crippen molar-refractivity contribution in [2.24, 2.45) is 0 Å². The van der Waals surface area contributed by atoms with Crippen molar-refractivity contribution in [2.45, 2.75) is 13.0 Å². The summed E-state index contributed by atoms with van der Waals surface area (Å²) < 4.78 is 1.26. The molecule has 0 aliphatic heterocycles. The fraction of sp³-hybridized carbons (Fsp3) is 0.118. The van der Waals surface area contributed by atoms with Crippen LogP contribution < -0.4 is 10.9 Å². The molecule has 10 heteroatoms. The van der Waals surface area contributed by atoms with Crippen molar-refractivity contribution in [3.8, 4) is 0 Å². The molecule has 0 spiro atoms. The van der Waals surface area contributed by atoms with Gasteiger partial charge in [-0.05, 0) is 18.2 Å². The van der Waals surface area contributed by atoms with Crippen LogP contribution in [0.15, 0.2) is 47.5 Å². The smallest absolute Gasteiger partial charge is 0.292 e. The molecule has 2 aromatic carbocycles. The number of rotatable bonds is 5. The third kappa shape index (κ3) is 4.07. The molecular formula is C17H12Cl2N4O4. The van der Waals surface area contributed by atoms with Gasteiger partial charge in [0.25, 0.3) is 11.2 Å². The van der Waals surface area contributed by atoms with Gasteiger partial charge < -0.3 is 5.32 Å². The van der Waals surface area contributed by atoms with E-state index in [-0.39, 0.29) is 40.3 Å². The number of nitro groups is 1. The van der Waals surface area contributed by atoms with Crippen LogP contribution in [0, 0.1) is 10.1 Å². The number of benzene rings is 2. The maximum Gasteiger partial charge on any atom is 0.292 e. The van der Waals surface area contributed by atoms with E-state index in [0.717, 1.165) is 0 Å². The van der Waals surface area contributed by atoms with Gasteiger partial charge >= 0.3 is 0 Å². The predicted octanol–water partition coefficient (Wildman–Crippen LogP) is 3.64. The molecule has 0 atom stereocenters. The molecule has 3 rings (SSSR count). The minimum absolute atomic E-state index is 0.0400. The molecular weight excluding hydrogens is 395 g/mol. The minimum Gasteiger partial charge on any atom is -0.320 e. The second kappa shape index (κ2) is 7.73. The molecule has 27 heavy (non-hydrogen) atoms. The Morgan fingerprint density at radius 3 is 2.74 bits per heavy atom. The average Bonchev–Trinajstić information content (AvgIpc) is 2.62. The van der Waals surface area contributed by atoms with Crippen LogP contribution in [-0.2, 0) is 11.3 Å². The van der Waals surface area contributed by atoms with Crippen molar-refractivity contribution in [1.82, 2.24) is 9.55 Å². The van der Waals surface area contributed by atoms with Crippen molar-refractivity contribution in [1.29, 1.82) is 0 Å². The van der Waals surface area contributed by atoms with Crippen molar-refractivity contribution >= 4 is 51.4 Å². The number of hydrogen-bond acceptors (Lipinski definition) is 5. The van der Waals surface area contributed by atoms with Crippen LogP contribution in [0.1, 0.15) is 6.42 Å². The molecule has 1 amide bonds. The Kier molecular flexibility index (Phi) is 5.38. The fourth-order valence-electron chi connectivity index (χ4n) is 2.53. The maximum atomic E-state index is 12.5. The quantitative estimate of drug-likeness (QED) is 0.513. The first-order valence-corrected chi connectivity index (χ1v) is 8.50. The van der Waals surface area contributed by atoms with Crippen LogP contribution in [0.2, 0.25) is 10.0 Å². The first-order chi connectivity index (χ1) is 12.9. The number of hydrogen-bond donors (Lipinski definition) is 1. The van der Waals surface area contributed by atoms with Gasteiger partial charge in [-0.15, -0.1) is 0 Å². The van der Waals surface area contributed by atoms with Gasteiger partial charge in [0.2, 0.25) is 5.91 Å².